The number of nitrogens with zero attached hydrogens (tertiary/aromatic N) is 2. The predicted octanol–water partition coefficient (Wildman–Crippen LogP) is 0.820. The topological polar surface area (TPSA) is 56.7 Å². The first kappa shape index (κ1) is 14.8. The van der Waals surface area contributed by atoms with Gasteiger partial charge in [0.05, 0.1) is 0 Å². The van der Waals surface area contributed by atoms with Gasteiger partial charge in [-0.15, -0.1) is 0 Å². The highest BCUT2D eigenvalue weighted by Crippen LogP contribution is 2.27. The third-order valence-electron chi connectivity index (χ3n) is 2.95. The van der Waals surface area contributed by atoms with Gasteiger partial charge in [-0.05, 0) is 25.2 Å². The number of unbranched alkanes of at least 4 members (excludes halogenated alkanes) is 1. The van der Waals surface area contributed by atoms with E-state index in [1.807, 2.05) is 0 Å². The molecule has 0 unspecified atom stereocenters. The van der Waals surface area contributed by atoms with Gasteiger partial charge >= 0.3 is 0 Å². The van der Waals surface area contributed by atoms with E-state index in [4.69, 9.17) is 0 Å². The van der Waals surface area contributed by atoms with Crippen molar-refractivity contribution >= 4 is 11.9 Å². The fourth-order valence-electron chi connectivity index (χ4n) is 1.41. The molecule has 1 rings (SSSR count). The smallest absolute Gasteiger partial charge is 0.243 e. The van der Waals surface area contributed by atoms with Gasteiger partial charge in [0.2, 0.25) is 5.91 Å². The number of amides is 1. The fraction of sp³-hybridized carbons (Fsp3) is 0.846. The van der Waals surface area contributed by atoms with Crippen LogP contribution < -0.4 is 10.6 Å². The highest BCUT2D eigenvalue weighted by atomic mass is 16.2. The van der Waals surface area contributed by atoms with Crippen LogP contribution in [0.4, 0.5) is 0 Å². The Balaban J connectivity index is 2.34. The Morgan fingerprint density at radius 2 is 2.06 bits per heavy atom. The lowest BCUT2D eigenvalue weighted by molar-refractivity contribution is -0.127. The van der Waals surface area contributed by atoms with Gasteiger partial charge in [-0.3, -0.25) is 4.79 Å². The number of hydrogen-bond acceptors (Lipinski definition) is 2. The summed E-state index contributed by atoms with van der Waals surface area (Å²) >= 11 is 0. The Labute approximate surface area is 110 Å². The van der Waals surface area contributed by atoms with Crippen molar-refractivity contribution in [2.75, 3.05) is 33.7 Å². The molecular formula is C13H26N4O. The molecule has 5 nitrogen and oxygen atoms in total. The summed E-state index contributed by atoms with van der Waals surface area (Å²) in [6, 6.07) is 0. The third kappa shape index (κ3) is 6.47. The zero-order valence-corrected chi connectivity index (χ0v) is 11.8. The molecule has 0 aromatic carbocycles. The monoisotopic (exact) mass is 254 g/mol. The first-order chi connectivity index (χ1) is 8.63. The first-order valence-electron chi connectivity index (χ1n) is 6.85. The maximum absolute atomic E-state index is 11.5. The number of carbonyl (C=O) groups excluding carboxylic acids is 1. The van der Waals surface area contributed by atoms with Crippen molar-refractivity contribution in [2.45, 2.75) is 32.6 Å². The van der Waals surface area contributed by atoms with Crippen LogP contribution in [0.15, 0.2) is 4.99 Å². The van der Waals surface area contributed by atoms with Gasteiger partial charge in [0.15, 0.2) is 5.96 Å². The van der Waals surface area contributed by atoms with Crippen molar-refractivity contribution in [1.29, 1.82) is 0 Å². The minimum Gasteiger partial charge on any atom is -0.356 e. The van der Waals surface area contributed by atoms with Gasteiger partial charge in [0.1, 0.15) is 6.54 Å². The maximum atomic E-state index is 11.5. The van der Waals surface area contributed by atoms with Crippen molar-refractivity contribution in [2.24, 2.45) is 10.9 Å². The molecule has 0 radical (unpaired) electrons. The molecule has 1 amide bonds. The molecule has 0 aromatic heterocycles. The number of rotatable bonds is 7. The Morgan fingerprint density at radius 3 is 2.61 bits per heavy atom. The van der Waals surface area contributed by atoms with Gasteiger partial charge in [0.25, 0.3) is 0 Å². The Hall–Kier alpha value is -1.26. The number of hydrogen-bond donors (Lipinski definition) is 2. The van der Waals surface area contributed by atoms with E-state index in [1.54, 1.807) is 19.0 Å². The third-order valence-corrected chi connectivity index (χ3v) is 2.95. The Morgan fingerprint density at radius 1 is 1.33 bits per heavy atom. The van der Waals surface area contributed by atoms with Crippen LogP contribution in [-0.4, -0.2) is 50.5 Å². The molecule has 2 N–H and O–H groups in total. The second-order valence-electron chi connectivity index (χ2n) is 5.06. The van der Waals surface area contributed by atoms with Crippen LogP contribution >= 0.6 is 0 Å². The summed E-state index contributed by atoms with van der Waals surface area (Å²) in [6.45, 7) is 4.24. The summed E-state index contributed by atoms with van der Waals surface area (Å²) in [5.74, 6) is 1.59. The lowest BCUT2D eigenvalue weighted by Gasteiger charge is -2.13. The van der Waals surface area contributed by atoms with E-state index < -0.39 is 0 Å². The number of nitrogens with one attached hydrogen (secondary N) is 2. The second-order valence-corrected chi connectivity index (χ2v) is 5.06. The molecule has 0 aliphatic heterocycles. The Kier molecular flexibility index (Phi) is 6.54. The van der Waals surface area contributed by atoms with Crippen molar-refractivity contribution in [3.8, 4) is 0 Å². The lowest BCUT2D eigenvalue weighted by Crippen LogP contribution is -2.39. The molecule has 1 aliphatic rings. The standard InChI is InChI=1S/C13H26N4O/c1-4-5-8-14-13(15-9-11-6-7-11)16-10-12(18)17(2)3/h11H,4-10H2,1-3H3,(H2,14,15,16). The van der Waals surface area contributed by atoms with Crippen molar-refractivity contribution in [3.63, 3.8) is 0 Å². The molecule has 1 saturated carbocycles. The molecule has 1 aliphatic carbocycles. The van der Waals surface area contributed by atoms with Gasteiger partial charge in [-0.1, -0.05) is 13.3 Å². The summed E-state index contributed by atoms with van der Waals surface area (Å²) in [6.07, 6.45) is 4.89. The molecule has 0 bridgehead atoms. The minimum absolute atomic E-state index is 0.0259. The van der Waals surface area contributed by atoms with Crippen LogP contribution in [0.25, 0.3) is 0 Å². The molecule has 0 saturated heterocycles. The van der Waals surface area contributed by atoms with E-state index in [0.717, 1.165) is 37.8 Å². The fourth-order valence-corrected chi connectivity index (χ4v) is 1.41. The number of aliphatic imine (C=N–C) groups is 1. The lowest BCUT2D eigenvalue weighted by atomic mass is 10.3. The van der Waals surface area contributed by atoms with Gasteiger partial charge < -0.3 is 15.5 Å². The number of carbonyl (C=O) groups is 1. The van der Waals surface area contributed by atoms with E-state index in [-0.39, 0.29) is 12.5 Å². The molecule has 0 spiro atoms. The van der Waals surface area contributed by atoms with Crippen LogP contribution in [-0.2, 0) is 4.79 Å². The molecule has 104 valence electrons. The van der Waals surface area contributed by atoms with Gasteiger partial charge in [-0.2, -0.15) is 0 Å². The van der Waals surface area contributed by atoms with Gasteiger partial charge in [-0.25, -0.2) is 4.99 Å². The number of likely N-dealkylation sites (N-methyl/N-ethyl adjacent to an activating group) is 1. The molecule has 18 heavy (non-hydrogen) atoms. The number of guanidine groups is 1. The maximum Gasteiger partial charge on any atom is 0.243 e. The van der Waals surface area contributed by atoms with E-state index >= 15 is 0 Å². The van der Waals surface area contributed by atoms with E-state index in [0.29, 0.717) is 0 Å². The SMILES string of the molecule is CCCCNC(=NCC(=O)N(C)C)NCC1CC1. The van der Waals surface area contributed by atoms with Crippen LogP contribution in [0.3, 0.4) is 0 Å². The largest absolute Gasteiger partial charge is 0.356 e. The summed E-state index contributed by atoms with van der Waals surface area (Å²) in [5.41, 5.74) is 0. The Bertz CT molecular complexity index is 285. The molecule has 1 fully saturated rings. The molecule has 5 heteroatoms. The summed E-state index contributed by atoms with van der Waals surface area (Å²) in [4.78, 5) is 17.4. The highest BCUT2D eigenvalue weighted by molar-refractivity contribution is 5.84. The zero-order valence-electron chi connectivity index (χ0n) is 11.8. The van der Waals surface area contributed by atoms with Gasteiger partial charge in [0, 0.05) is 27.2 Å². The summed E-state index contributed by atoms with van der Waals surface area (Å²) in [7, 11) is 3.50. The first-order valence-corrected chi connectivity index (χ1v) is 6.85. The highest BCUT2D eigenvalue weighted by Gasteiger charge is 2.21. The van der Waals surface area contributed by atoms with Crippen molar-refractivity contribution < 1.29 is 4.79 Å². The molecule has 0 aromatic rings. The van der Waals surface area contributed by atoms with E-state index in [2.05, 4.69) is 22.5 Å². The van der Waals surface area contributed by atoms with Crippen molar-refractivity contribution in [1.82, 2.24) is 15.5 Å². The van der Waals surface area contributed by atoms with Crippen LogP contribution in [0.5, 0.6) is 0 Å². The normalized spacial score (nSPS) is 15.4. The molecular weight excluding hydrogens is 228 g/mol. The van der Waals surface area contributed by atoms with Crippen LogP contribution in [0.1, 0.15) is 32.6 Å². The predicted molar refractivity (Wildman–Crippen MR) is 74.6 cm³/mol. The molecule has 0 atom stereocenters. The second kappa shape index (κ2) is 7.95. The van der Waals surface area contributed by atoms with Crippen molar-refractivity contribution in [3.05, 3.63) is 0 Å². The van der Waals surface area contributed by atoms with E-state index in [9.17, 15) is 4.79 Å². The van der Waals surface area contributed by atoms with Crippen LogP contribution in [0, 0.1) is 5.92 Å². The van der Waals surface area contributed by atoms with Crippen LogP contribution in [0.2, 0.25) is 0 Å². The zero-order chi connectivity index (χ0) is 13.4. The quantitative estimate of drug-likeness (QED) is 0.402. The molecule has 0 heterocycles. The summed E-state index contributed by atoms with van der Waals surface area (Å²) in [5, 5.41) is 6.57. The average molecular weight is 254 g/mol. The summed E-state index contributed by atoms with van der Waals surface area (Å²) < 4.78 is 0. The average Bonchev–Trinajstić information content (AvgIpc) is 3.15. The van der Waals surface area contributed by atoms with E-state index in [1.165, 1.54) is 12.8 Å². The minimum atomic E-state index is 0.0259.